The number of allylic oxidation sites excluding steroid dienone is 1. The molecule has 40 heavy (non-hydrogen) atoms. The molecule has 9 nitrogen and oxygen atoms in total. The van der Waals surface area contributed by atoms with Crippen molar-refractivity contribution in [3.05, 3.63) is 71.3 Å². The van der Waals surface area contributed by atoms with Crippen molar-refractivity contribution in [1.82, 2.24) is 25.4 Å². The molecule has 1 aliphatic heterocycles. The molecule has 0 saturated carbocycles. The summed E-state index contributed by atoms with van der Waals surface area (Å²) < 4.78 is 0. The van der Waals surface area contributed by atoms with E-state index in [2.05, 4.69) is 55.4 Å². The minimum absolute atomic E-state index is 0.112. The Labute approximate surface area is 235 Å². The molecule has 0 spiro atoms. The van der Waals surface area contributed by atoms with Gasteiger partial charge in [0.05, 0.1) is 17.4 Å². The number of nitrogens with zero attached hydrogens (tertiary/aromatic N) is 4. The number of H-pyrrole nitrogens is 1. The zero-order valence-electron chi connectivity index (χ0n) is 23.7. The zero-order valence-corrected chi connectivity index (χ0v) is 23.7. The van der Waals surface area contributed by atoms with E-state index in [1.54, 1.807) is 12.1 Å². The van der Waals surface area contributed by atoms with E-state index in [9.17, 15) is 9.59 Å². The van der Waals surface area contributed by atoms with Crippen molar-refractivity contribution < 1.29 is 9.59 Å². The van der Waals surface area contributed by atoms with Crippen LogP contribution < -0.4 is 10.6 Å². The van der Waals surface area contributed by atoms with Crippen LogP contribution in [0.1, 0.15) is 79.4 Å². The van der Waals surface area contributed by atoms with Crippen molar-refractivity contribution in [2.24, 2.45) is 4.99 Å². The lowest BCUT2D eigenvalue weighted by Crippen LogP contribution is -2.34. The smallest absolute Gasteiger partial charge is 0.276 e. The first-order valence-corrected chi connectivity index (χ1v) is 14.0. The summed E-state index contributed by atoms with van der Waals surface area (Å²) in [5.41, 5.74) is 5.00. The second-order valence-electron chi connectivity index (χ2n) is 10.3. The van der Waals surface area contributed by atoms with E-state index in [0.717, 1.165) is 60.1 Å². The van der Waals surface area contributed by atoms with E-state index in [1.165, 1.54) is 25.5 Å². The summed E-state index contributed by atoms with van der Waals surface area (Å²) in [5.74, 6) is -0.582. The monoisotopic (exact) mass is 541 g/mol. The molecule has 0 atom stereocenters. The molecule has 4 rings (SSSR count). The van der Waals surface area contributed by atoms with Crippen molar-refractivity contribution in [3.63, 3.8) is 0 Å². The molecule has 0 unspecified atom stereocenters. The minimum atomic E-state index is -0.359. The van der Waals surface area contributed by atoms with Crippen LogP contribution in [0.3, 0.4) is 0 Å². The molecule has 1 aromatic carbocycles. The Morgan fingerprint density at radius 3 is 2.58 bits per heavy atom. The van der Waals surface area contributed by atoms with Gasteiger partial charge in [-0.3, -0.25) is 24.6 Å². The van der Waals surface area contributed by atoms with E-state index in [0.29, 0.717) is 11.4 Å². The van der Waals surface area contributed by atoms with Gasteiger partial charge in [-0.1, -0.05) is 32.4 Å². The normalized spacial score (nSPS) is 14.9. The molecule has 9 heteroatoms. The Morgan fingerprint density at radius 2 is 1.90 bits per heavy atom. The van der Waals surface area contributed by atoms with Gasteiger partial charge in [-0.05, 0) is 93.4 Å². The fourth-order valence-electron chi connectivity index (χ4n) is 4.96. The molecule has 2 amide bonds. The van der Waals surface area contributed by atoms with Gasteiger partial charge in [0.15, 0.2) is 5.69 Å². The Morgan fingerprint density at radius 1 is 1.12 bits per heavy atom. The SMILES string of the molecule is C=N/C=C(\C=C(/C)c1ccc2[nH]nc(C(=O)Nc3ccc(C(=O)NC(CC)CC)nc3)c2c1)CN1CCCCC1. The largest absolute Gasteiger partial charge is 0.348 e. The number of carbonyl (C=O) groups is 2. The van der Waals surface area contributed by atoms with E-state index in [-0.39, 0.29) is 23.6 Å². The summed E-state index contributed by atoms with van der Waals surface area (Å²) in [6, 6.07) is 9.31. The number of carbonyl (C=O) groups excluding carboxylic acids is 2. The second-order valence-corrected chi connectivity index (χ2v) is 10.3. The summed E-state index contributed by atoms with van der Waals surface area (Å²) in [5, 5.41) is 13.8. The summed E-state index contributed by atoms with van der Waals surface area (Å²) in [6.07, 6.45) is 10.9. The zero-order chi connectivity index (χ0) is 28.5. The summed E-state index contributed by atoms with van der Waals surface area (Å²) in [6.45, 7) is 12.8. The first-order chi connectivity index (χ1) is 19.4. The molecule has 1 aliphatic rings. The number of hydrogen-bond acceptors (Lipinski definition) is 6. The van der Waals surface area contributed by atoms with Crippen LogP contribution in [0.25, 0.3) is 16.5 Å². The first-order valence-electron chi connectivity index (χ1n) is 14.0. The number of aliphatic imine (C=N–C) groups is 1. The molecule has 1 saturated heterocycles. The highest BCUT2D eigenvalue weighted by Gasteiger charge is 2.17. The number of amides is 2. The number of aromatic nitrogens is 3. The lowest BCUT2D eigenvalue weighted by molar-refractivity contribution is 0.0929. The maximum absolute atomic E-state index is 13.1. The fraction of sp³-hybridized carbons (Fsp3) is 0.387. The molecule has 3 heterocycles. The quantitative estimate of drug-likeness (QED) is 0.216. The Bertz CT molecular complexity index is 1390. The van der Waals surface area contributed by atoms with Gasteiger partial charge < -0.3 is 10.6 Å². The van der Waals surface area contributed by atoms with Crippen LogP contribution in [0.2, 0.25) is 0 Å². The number of hydrogen-bond donors (Lipinski definition) is 3. The number of aromatic amines is 1. The van der Waals surface area contributed by atoms with Crippen LogP contribution in [0.5, 0.6) is 0 Å². The van der Waals surface area contributed by atoms with Crippen molar-refractivity contribution >= 4 is 40.7 Å². The van der Waals surface area contributed by atoms with Crippen LogP contribution in [0.15, 0.2) is 59.4 Å². The average Bonchev–Trinajstić information content (AvgIpc) is 3.40. The fourth-order valence-corrected chi connectivity index (χ4v) is 4.96. The van der Waals surface area contributed by atoms with E-state index >= 15 is 0 Å². The molecule has 0 bridgehead atoms. The Hall–Kier alpha value is -4.11. The van der Waals surface area contributed by atoms with E-state index in [1.807, 2.05) is 38.2 Å². The molecule has 3 aromatic rings. The van der Waals surface area contributed by atoms with Gasteiger partial charge in [0, 0.05) is 24.2 Å². The van der Waals surface area contributed by atoms with Crippen LogP contribution in [-0.2, 0) is 0 Å². The molecule has 210 valence electrons. The molecule has 0 aliphatic carbocycles. The number of nitrogens with one attached hydrogen (secondary N) is 3. The van der Waals surface area contributed by atoms with Crippen LogP contribution >= 0.6 is 0 Å². The second kappa shape index (κ2) is 13.8. The summed E-state index contributed by atoms with van der Waals surface area (Å²) in [7, 11) is 0. The average molecular weight is 542 g/mol. The number of piperidine rings is 1. The van der Waals surface area contributed by atoms with Gasteiger partial charge in [-0.25, -0.2) is 4.98 Å². The molecule has 1 fully saturated rings. The number of anilines is 1. The maximum atomic E-state index is 13.1. The number of pyridine rings is 1. The number of likely N-dealkylation sites (tertiary alicyclic amines) is 1. The van der Waals surface area contributed by atoms with Gasteiger partial charge in [0.25, 0.3) is 11.8 Å². The van der Waals surface area contributed by atoms with Crippen molar-refractivity contribution in [2.45, 2.75) is 58.9 Å². The highest BCUT2D eigenvalue weighted by molar-refractivity contribution is 6.11. The van der Waals surface area contributed by atoms with E-state index in [4.69, 9.17) is 0 Å². The lowest BCUT2D eigenvalue weighted by atomic mass is 10.0. The highest BCUT2D eigenvalue weighted by Crippen LogP contribution is 2.25. The third-order valence-corrected chi connectivity index (χ3v) is 7.32. The van der Waals surface area contributed by atoms with Crippen LogP contribution in [0, 0.1) is 0 Å². The van der Waals surface area contributed by atoms with Crippen molar-refractivity contribution in [3.8, 4) is 0 Å². The predicted octanol–water partition coefficient (Wildman–Crippen LogP) is 5.60. The van der Waals surface area contributed by atoms with Gasteiger partial charge >= 0.3 is 0 Å². The van der Waals surface area contributed by atoms with Gasteiger partial charge in [-0.2, -0.15) is 5.10 Å². The number of rotatable bonds is 11. The van der Waals surface area contributed by atoms with Crippen molar-refractivity contribution in [2.75, 3.05) is 25.0 Å². The van der Waals surface area contributed by atoms with Gasteiger partial charge in [0.2, 0.25) is 0 Å². The predicted molar refractivity (Wildman–Crippen MR) is 162 cm³/mol. The van der Waals surface area contributed by atoms with Gasteiger partial charge in [0.1, 0.15) is 5.69 Å². The minimum Gasteiger partial charge on any atom is -0.348 e. The Balaban J connectivity index is 1.48. The van der Waals surface area contributed by atoms with Crippen LogP contribution in [0.4, 0.5) is 5.69 Å². The molecule has 0 radical (unpaired) electrons. The number of fused-ring (bicyclic) bond motifs is 1. The maximum Gasteiger partial charge on any atom is 0.276 e. The van der Waals surface area contributed by atoms with Crippen LogP contribution in [-0.4, -0.2) is 64.3 Å². The molecule has 2 aromatic heterocycles. The highest BCUT2D eigenvalue weighted by atomic mass is 16.2. The third kappa shape index (κ3) is 7.30. The Kier molecular flexibility index (Phi) is 9.96. The standard InChI is InChI=1S/C31H39N7O2/c1-5-24(6-2)34-30(39)28-13-11-25(19-33-28)35-31(40)29-26-17-23(10-12-27(26)36-37-29)21(3)16-22(18-32-4)20-38-14-8-7-9-15-38/h10-13,16-19,24H,4-9,14-15,20H2,1-3H3,(H,34,39)(H,35,40)(H,36,37)/b21-16+,22-18+. The first kappa shape index (κ1) is 28.9. The van der Waals surface area contributed by atoms with Gasteiger partial charge in [-0.15, -0.1) is 0 Å². The summed E-state index contributed by atoms with van der Waals surface area (Å²) >= 11 is 0. The lowest BCUT2D eigenvalue weighted by Gasteiger charge is -2.26. The summed E-state index contributed by atoms with van der Waals surface area (Å²) in [4.78, 5) is 36.3. The van der Waals surface area contributed by atoms with E-state index < -0.39 is 0 Å². The third-order valence-electron chi connectivity index (χ3n) is 7.32. The molecular formula is C31H39N7O2. The topological polar surface area (TPSA) is 115 Å². The molecular weight excluding hydrogens is 502 g/mol. The number of benzene rings is 1. The molecule has 3 N–H and O–H groups in total. The van der Waals surface area contributed by atoms with Crippen molar-refractivity contribution in [1.29, 1.82) is 0 Å².